The highest BCUT2D eigenvalue weighted by molar-refractivity contribution is 8.18. The number of imide groups is 1. The van der Waals surface area contributed by atoms with E-state index in [4.69, 9.17) is 20.8 Å². The number of nitro groups is 1. The summed E-state index contributed by atoms with van der Waals surface area (Å²) in [5, 5.41) is 11.5. The lowest BCUT2D eigenvalue weighted by molar-refractivity contribution is -0.384. The number of rotatable bonds is 6. The van der Waals surface area contributed by atoms with Gasteiger partial charge < -0.3 is 9.15 Å². The van der Waals surface area contributed by atoms with E-state index in [9.17, 15) is 19.7 Å². The van der Waals surface area contributed by atoms with Crippen molar-refractivity contribution in [1.29, 1.82) is 0 Å². The summed E-state index contributed by atoms with van der Waals surface area (Å²) >= 11 is 6.77. The number of carbonyl (C=O) groups is 2. The number of furan rings is 1. The molecule has 32 heavy (non-hydrogen) atoms. The molecule has 1 saturated heterocycles. The Morgan fingerprint density at radius 3 is 2.72 bits per heavy atom. The fourth-order valence-corrected chi connectivity index (χ4v) is 4.19. The lowest BCUT2D eigenvalue weighted by atomic mass is 10.1. The van der Waals surface area contributed by atoms with E-state index >= 15 is 0 Å². The zero-order chi connectivity index (χ0) is 22.8. The molecule has 2 aromatic carbocycles. The van der Waals surface area contributed by atoms with Crippen LogP contribution in [0.25, 0.3) is 17.4 Å². The lowest BCUT2D eigenvalue weighted by Gasteiger charge is -2.12. The van der Waals surface area contributed by atoms with Gasteiger partial charge in [-0.3, -0.25) is 24.6 Å². The second-order valence-electron chi connectivity index (χ2n) is 6.74. The van der Waals surface area contributed by atoms with Crippen LogP contribution >= 0.6 is 23.4 Å². The summed E-state index contributed by atoms with van der Waals surface area (Å²) in [5.74, 6) is 0.441. The highest BCUT2D eigenvalue weighted by Crippen LogP contribution is 2.37. The van der Waals surface area contributed by atoms with E-state index in [2.05, 4.69) is 0 Å². The first-order chi connectivity index (χ1) is 15.4. The molecule has 1 aliphatic rings. The third kappa shape index (κ3) is 4.39. The van der Waals surface area contributed by atoms with Gasteiger partial charge in [0.05, 0.1) is 35.1 Å². The molecular weight excluding hydrogens is 456 g/mol. The molecule has 0 aliphatic carbocycles. The minimum Gasteiger partial charge on any atom is -0.497 e. The van der Waals surface area contributed by atoms with Crippen LogP contribution < -0.4 is 4.74 Å². The van der Waals surface area contributed by atoms with Gasteiger partial charge in [-0.1, -0.05) is 23.7 Å². The molecule has 1 fully saturated rings. The molecule has 10 heteroatoms. The van der Waals surface area contributed by atoms with E-state index in [-0.39, 0.29) is 28.5 Å². The van der Waals surface area contributed by atoms with Crippen LogP contribution in [0.5, 0.6) is 5.75 Å². The summed E-state index contributed by atoms with van der Waals surface area (Å²) in [4.78, 5) is 37.3. The van der Waals surface area contributed by atoms with Gasteiger partial charge in [-0.05, 0) is 53.7 Å². The van der Waals surface area contributed by atoms with Crippen molar-refractivity contribution in [3.8, 4) is 17.1 Å². The van der Waals surface area contributed by atoms with Crippen LogP contribution in [0.4, 0.5) is 10.5 Å². The first-order valence-corrected chi connectivity index (χ1v) is 10.5. The highest BCUT2D eigenvalue weighted by Gasteiger charge is 2.35. The van der Waals surface area contributed by atoms with Crippen molar-refractivity contribution in [2.75, 3.05) is 7.11 Å². The number of ether oxygens (including phenoxy) is 1. The van der Waals surface area contributed by atoms with Crippen molar-refractivity contribution in [3.05, 3.63) is 86.0 Å². The van der Waals surface area contributed by atoms with E-state index in [0.717, 1.165) is 22.2 Å². The summed E-state index contributed by atoms with van der Waals surface area (Å²) < 4.78 is 10.8. The van der Waals surface area contributed by atoms with Crippen molar-refractivity contribution < 1.29 is 23.7 Å². The van der Waals surface area contributed by atoms with Crippen molar-refractivity contribution in [3.63, 3.8) is 0 Å². The normalized spacial score (nSPS) is 14.9. The van der Waals surface area contributed by atoms with Crippen molar-refractivity contribution in [2.45, 2.75) is 6.54 Å². The second kappa shape index (κ2) is 8.89. The molecule has 0 radical (unpaired) electrons. The number of hydrogen-bond acceptors (Lipinski definition) is 7. The Bertz CT molecular complexity index is 1270. The Morgan fingerprint density at radius 2 is 2.00 bits per heavy atom. The molecule has 1 aromatic heterocycles. The average molecular weight is 471 g/mol. The molecule has 2 heterocycles. The third-order valence-corrected chi connectivity index (χ3v) is 5.81. The highest BCUT2D eigenvalue weighted by atomic mass is 35.5. The van der Waals surface area contributed by atoms with Gasteiger partial charge in [-0.2, -0.15) is 0 Å². The molecule has 162 valence electrons. The SMILES string of the molecule is COc1ccc(-c2ccc(/C=C3\SC(=O)N(Cc4cccc(Cl)c4)C3=O)o2)c([N+](=O)[O-])c1. The predicted molar refractivity (Wildman–Crippen MR) is 120 cm³/mol. The lowest BCUT2D eigenvalue weighted by Crippen LogP contribution is -2.27. The number of nitro benzene ring substituents is 1. The molecule has 3 aromatic rings. The molecule has 8 nitrogen and oxygen atoms in total. The quantitative estimate of drug-likeness (QED) is 0.256. The summed E-state index contributed by atoms with van der Waals surface area (Å²) in [6.45, 7) is 0.101. The Labute approximate surface area is 191 Å². The number of benzene rings is 2. The third-order valence-electron chi connectivity index (χ3n) is 4.67. The van der Waals surface area contributed by atoms with Gasteiger partial charge in [-0.15, -0.1) is 0 Å². The maximum atomic E-state index is 12.7. The largest absolute Gasteiger partial charge is 0.497 e. The van der Waals surface area contributed by atoms with Crippen LogP contribution in [0.3, 0.4) is 0 Å². The monoisotopic (exact) mass is 470 g/mol. The number of halogens is 1. The zero-order valence-corrected chi connectivity index (χ0v) is 18.2. The molecule has 0 N–H and O–H groups in total. The van der Waals surface area contributed by atoms with Crippen LogP contribution in [-0.4, -0.2) is 28.1 Å². The van der Waals surface area contributed by atoms with Crippen molar-refractivity contribution in [1.82, 2.24) is 4.90 Å². The number of methoxy groups -OCH3 is 1. The van der Waals surface area contributed by atoms with Gasteiger partial charge in [0.15, 0.2) is 0 Å². The minimum atomic E-state index is -0.527. The van der Waals surface area contributed by atoms with Gasteiger partial charge in [0.1, 0.15) is 17.3 Å². The fourth-order valence-electron chi connectivity index (χ4n) is 3.16. The summed E-state index contributed by atoms with van der Waals surface area (Å²) in [6, 6.07) is 14.5. The molecule has 2 amide bonds. The minimum absolute atomic E-state index is 0.101. The average Bonchev–Trinajstić information content (AvgIpc) is 3.33. The number of nitrogens with zero attached hydrogens (tertiary/aromatic N) is 2. The van der Waals surface area contributed by atoms with Crippen LogP contribution in [-0.2, 0) is 11.3 Å². The maximum Gasteiger partial charge on any atom is 0.293 e. The Morgan fingerprint density at radius 1 is 1.19 bits per heavy atom. The van der Waals surface area contributed by atoms with E-state index in [1.165, 1.54) is 25.3 Å². The number of carbonyl (C=O) groups excluding carboxylic acids is 2. The van der Waals surface area contributed by atoms with E-state index in [1.54, 1.807) is 42.5 Å². The Kier molecular flexibility index (Phi) is 6.02. The van der Waals surface area contributed by atoms with Gasteiger partial charge >= 0.3 is 0 Å². The zero-order valence-electron chi connectivity index (χ0n) is 16.6. The van der Waals surface area contributed by atoms with Crippen LogP contribution in [0.15, 0.2) is 63.9 Å². The molecular formula is C22H15ClN2O6S. The predicted octanol–water partition coefficient (Wildman–Crippen LogP) is 5.75. The molecule has 1 aliphatic heterocycles. The standard InChI is InChI=1S/C22H15ClN2O6S/c1-30-15-5-7-17(18(10-15)25(28)29)19-8-6-16(31-19)11-20-21(26)24(22(27)32-20)12-13-3-2-4-14(23)9-13/h2-11H,12H2,1H3/b20-11-. The Balaban J connectivity index is 1.58. The van der Waals surface area contributed by atoms with Gasteiger partial charge in [-0.25, -0.2) is 0 Å². The first kappa shape index (κ1) is 21.7. The van der Waals surface area contributed by atoms with Crippen LogP contribution in [0, 0.1) is 10.1 Å². The second-order valence-corrected chi connectivity index (χ2v) is 8.17. The van der Waals surface area contributed by atoms with Crippen molar-refractivity contribution in [2.24, 2.45) is 0 Å². The maximum absolute atomic E-state index is 12.7. The van der Waals surface area contributed by atoms with E-state index in [1.807, 2.05) is 0 Å². The number of hydrogen-bond donors (Lipinski definition) is 0. The molecule has 0 saturated carbocycles. The first-order valence-electron chi connectivity index (χ1n) is 9.28. The van der Waals surface area contributed by atoms with E-state index < -0.39 is 16.1 Å². The smallest absolute Gasteiger partial charge is 0.293 e. The molecule has 0 spiro atoms. The number of amides is 2. The molecule has 0 unspecified atom stereocenters. The molecule has 0 atom stereocenters. The van der Waals surface area contributed by atoms with Gasteiger partial charge in [0.2, 0.25) is 0 Å². The Hall–Kier alpha value is -3.56. The molecule has 4 rings (SSSR count). The summed E-state index contributed by atoms with van der Waals surface area (Å²) in [6.07, 6.45) is 1.45. The fraction of sp³-hybridized carbons (Fsp3) is 0.0909. The van der Waals surface area contributed by atoms with Crippen molar-refractivity contribution >= 4 is 46.3 Å². The number of thioether (sulfide) groups is 1. The van der Waals surface area contributed by atoms with E-state index in [0.29, 0.717) is 16.5 Å². The summed E-state index contributed by atoms with van der Waals surface area (Å²) in [5.41, 5.74) is 0.824. The van der Waals surface area contributed by atoms with Gasteiger partial charge in [0.25, 0.3) is 16.8 Å². The summed E-state index contributed by atoms with van der Waals surface area (Å²) in [7, 11) is 1.42. The van der Waals surface area contributed by atoms with Crippen LogP contribution in [0.1, 0.15) is 11.3 Å². The van der Waals surface area contributed by atoms with Gasteiger partial charge in [0, 0.05) is 11.1 Å². The van der Waals surface area contributed by atoms with Crippen LogP contribution in [0.2, 0.25) is 5.02 Å². The topological polar surface area (TPSA) is 103 Å². The molecule has 0 bridgehead atoms.